The maximum absolute atomic E-state index is 12.3. The average Bonchev–Trinajstić information content (AvgIpc) is 2.64. The van der Waals surface area contributed by atoms with Crippen LogP contribution in [0.3, 0.4) is 0 Å². The molecule has 2 aromatic carbocycles. The average molecular weight is 221 g/mol. The Bertz CT molecular complexity index is 626. The van der Waals surface area contributed by atoms with Gasteiger partial charge in [0, 0.05) is 11.1 Å². The van der Waals surface area contributed by atoms with Gasteiger partial charge in [-0.05, 0) is 5.56 Å². The molecule has 0 fully saturated rings. The van der Waals surface area contributed by atoms with Crippen LogP contribution < -0.4 is 5.73 Å². The molecule has 0 aromatic heterocycles. The molecule has 2 nitrogen and oxygen atoms in total. The number of hydrogen-bond acceptors (Lipinski definition) is 2. The van der Waals surface area contributed by atoms with E-state index in [4.69, 9.17) is 5.73 Å². The van der Waals surface area contributed by atoms with E-state index in [1.807, 2.05) is 54.6 Å². The van der Waals surface area contributed by atoms with Crippen molar-refractivity contribution in [3.63, 3.8) is 0 Å². The lowest BCUT2D eigenvalue weighted by Gasteiger charge is -2.01. The third-order valence-electron chi connectivity index (χ3n) is 3.02. The molecule has 2 heteroatoms. The van der Waals surface area contributed by atoms with Gasteiger partial charge in [-0.3, -0.25) is 4.79 Å². The van der Waals surface area contributed by atoms with E-state index in [2.05, 4.69) is 0 Å². The van der Waals surface area contributed by atoms with E-state index in [-0.39, 0.29) is 5.78 Å². The van der Waals surface area contributed by atoms with E-state index in [9.17, 15) is 4.79 Å². The van der Waals surface area contributed by atoms with Gasteiger partial charge >= 0.3 is 0 Å². The smallest absolute Gasteiger partial charge is 0.196 e. The lowest BCUT2D eigenvalue weighted by molar-refractivity contribution is 0.105. The number of nitrogens with two attached hydrogens (primary N) is 1. The normalized spacial score (nSPS) is 14.0. The maximum Gasteiger partial charge on any atom is 0.196 e. The third kappa shape index (κ3) is 1.38. The number of allylic oxidation sites excluding steroid dienone is 1. The molecule has 1 aliphatic carbocycles. The Hall–Kier alpha value is -2.35. The Labute approximate surface area is 99.4 Å². The van der Waals surface area contributed by atoms with E-state index >= 15 is 0 Å². The molecule has 0 spiro atoms. The summed E-state index contributed by atoms with van der Waals surface area (Å²) in [6.07, 6.45) is 0. The van der Waals surface area contributed by atoms with Gasteiger partial charge < -0.3 is 5.73 Å². The second-order valence-electron chi connectivity index (χ2n) is 4.03. The quantitative estimate of drug-likeness (QED) is 0.804. The van der Waals surface area contributed by atoms with Crippen molar-refractivity contribution in [2.45, 2.75) is 0 Å². The molecule has 0 radical (unpaired) electrons. The monoisotopic (exact) mass is 221 g/mol. The van der Waals surface area contributed by atoms with Crippen molar-refractivity contribution in [3.8, 4) is 0 Å². The number of hydrogen-bond donors (Lipinski definition) is 1. The minimum Gasteiger partial charge on any atom is -0.398 e. The van der Waals surface area contributed by atoms with E-state index in [0.29, 0.717) is 16.8 Å². The fourth-order valence-electron chi connectivity index (χ4n) is 2.20. The topological polar surface area (TPSA) is 43.1 Å². The third-order valence-corrected chi connectivity index (χ3v) is 3.02. The molecular weight excluding hydrogens is 210 g/mol. The minimum atomic E-state index is 0.0179. The van der Waals surface area contributed by atoms with Gasteiger partial charge in [0.05, 0.1) is 11.3 Å². The van der Waals surface area contributed by atoms with Crippen molar-refractivity contribution in [2.75, 3.05) is 0 Å². The fourth-order valence-corrected chi connectivity index (χ4v) is 2.20. The van der Waals surface area contributed by atoms with Gasteiger partial charge in [-0.2, -0.15) is 0 Å². The van der Waals surface area contributed by atoms with Gasteiger partial charge in [0.2, 0.25) is 0 Å². The molecule has 82 valence electrons. The van der Waals surface area contributed by atoms with Gasteiger partial charge in [0.25, 0.3) is 0 Å². The van der Waals surface area contributed by atoms with Crippen molar-refractivity contribution >= 4 is 17.1 Å². The molecule has 0 bridgehead atoms. The van der Waals surface area contributed by atoms with Crippen LogP contribution in [0.25, 0.3) is 11.3 Å². The van der Waals surface area contributed by atoms with Crippen LogP contribution in [0.2, 0.25) is 0 Å². The largest absolute Gasteiger partial charge is 0.398 e. The Morgan fingerprint density at radius 1 is 0.765 bits per heavy atom. The van der Waals surface area contributed by atoms with E-state index in [1.165, 1.54) is 0 Å². The summed E-state index contributed by atoms with van der Waals surface area (Å²) in [5, 5.41) is 0. The van der Waals surface area contributed by atoms with Crippen LogP contribution in [0.5, 0.6) is 0 Å². The van der Waals surface area contributed by atoms with Crippen LogP contribution in [0, 0.1) is 0 Å². The van der Waals surface area contributed by atoms with Gasteiger partial charge in [0.15, 0.2) is 5.78 Å². The van der Waals surface area contributed by atoms with Crippen LogP contribution in [-0.2, 0) is 0 Å². The number of benzene rings is 2. The van der Waals surface area contributed by atoms with Gasteiger partial charge in [0.1, 0.15) is 0 Å². The van der Waals surface area contributed by atoms with Crippen molar-refractivity contribution in [2.24, 2.45) is 5.73 Å². The SMILES string of the molecule is NC1=C(c2ccccc2)C(=O)c2ccccc21. The van der Waals surface area contributed by atoms with Crippen LogP contribution in [0.15, 0.2) is 54.6 Å². The molecule has 2 aromatic rings. The molecule has 0 saturated carbocycles. The number of fused-ring (bicyclic) bond motifs is 1. The summed E-state index contributed by atoms with van der Waals surface area (Å²) in [4.78, 5) is 12.3. The number of Topliss-reactive ketones (excluding diaryl/α,β-unsaturated/α-hetero) is 1. The molecule has 0 amide bonds. The number of ketones is 1. The van der Waals surface area contributed by atoms with Crippen LogP contribution in [-0.4, -0.2) is 5.78 Å². The second kappa shape index (κ2) is 3.59. The number of rotatable bonds is 1. The first-order valence-electron chi connectivity index (χ1n) is 5.48. The lowest BCUT2D eigenvalue weighted by Crippen LogP contribution is -1.99. The molecule has 0 heterocycles. The van der Waals surface area contributed by atoms with Crippen molar-refractivity contribution in [1.29, 1.82) is 0 Å². The highest BCUT2D eigenvalue weighted by Crippen LogP contribution is 2.34. The summed E-state index contributed by atoms with van der Waals surface area (Å²) in [5.41, 5.74) is 9.69. The predicted octanol–water partition coefficient (Wildman–Crippen LogP) is 2.71. The summed E-state index contributed by atoms with van der Waals surface area (Å²) in [6.45, 7) is 0. The maximum atomic E-state index is 12.3. The van der Waals surface area contributed by atoms with Crippen molar-refractivity contribution in [3.05, 3.63) is 71.3 Å². The summed E-state index contributed by atoms with van der Waals surface area (Å²) in [5.74, 6) is 0.0179. The van der Waals surface area contributed by atoms with E-state index in [0.717, 1.165) is 11.1 Å². The van der Waals surface area contributed by atoms with Crippen LogP contribution in [0.4, 0.5) is 0 Å². The predicted molar refractivity (Wildman–Crippen MR) is 68.2 cm³/mol. The zero-order valence-corrected chi connectivity index (χ0v) is 9.18. The summed E-state index contributed by atoms with van der Waals surface area (Å²) >= 11 is 0. The van der Waals surface area contributed by atoms with Gasteiger partial charge in [-0.1, -0.05) is 54.6 Å². The Balaban J connectivity index is 2.22. The summed E-state index contributed by atoms with van der Waals surface area (Å²) < 4.78 is 0. The Morgan fingerprint density at radius 2 is 1.35 bits per heavy atom. The Morgan fingerprint density at radius 3 is 2.00 bits per heavy atom. The highest BCUT2D eigenvalue weighted by Gasteiger charge is 2.28. The minimum absolute atomic E-state index is 0.0179. The first-order chi connectivity index (χ1) is 8.29. The zero-order chi connectivity index (χ0) is 11.8. The molecule has 0 unspecified atom stereocenters. The zero-order valence-electron chi connectivity index (χ0n) is 9.18. The van der Waals surface area contributed by atoms with Gasteiger partial charge in [-0.15, -0.1) is 0 Å². The molecule has 0 atom stereocenters. The first kappa shape index (κ1) is 9.85. The highest BCUT2D eigenvalue weighted by atomic mass is 16.1. The van der Waals surface area contributed by atoms with Gasteiger partial charge in [-0.25, -0.2) is 0 Å². The molecule has 2 N–H and O–H groups in total. The molecule has 0 aliphatic heterocycles. The number of carbonyl (C=O) groups is 1. The molecule has 3 rings (SSSR count). The molecular formula is C15H11NO. The molecule has 17 heavy (non-hydrogen) atoms. The molecule has 0 saturated heterocycles. The standard InChI is InChI=1S/C15H11NO/c16-14-11-8-4-5-9-12(11)15(17)13(14)10-6-2-1-3-7-10/h1-9H,16H2. The van der Waals surface area contributed by atoms with E-state index < -0.39 is 0 Å². The van der Waals surface area contributed by atoms with Crippen molar-refractivity contribution < 1.29 is 4.79 Å². The molecule has 1 aliphatic rings. The highest BCUT2D eigenvalue weighted by molar-refractivity contribution is 6.39. The fraction of sp³-hybridized carbons (Fsp3) is 0. The lowest BCUT2D eigenvalue weighted by atomic mass is 10.0. The summed E-state index contributed by atoms with van der Waals surface area (Å²) in [6, 6.07) is 17.0. The number of carbonyl (C=O) groups excluding carboxylic acids is 1. The second-order valence-corrected chi connectivity index (χ2v) is 4.03. The van der Waals surface area contributed by atoms with Crippen LogP contribution in [0.1, 0.15) is 21.5 Å². The van der Waals surface area contributed by atoms with Crippen LogP contribution >= 0.6 is 0 Å². The van der Waals surface area contributed by atoms with E-state index in [1.54, 1.807) is 0 Å². The first-order valence-corrected chi connectivity index (χ1v) is 5.48. The Kier molecular flexibility index (Phi) is 2.08. The summed E-state index contributed by atoms with van der Waals surface area (Å²) in [7, 11) is 0. The van der Waals surface area contributed by atoms with Crippen molar-refractivity contribution in [1.82, 2.24) is 0 Å².